The fraction of sp³-hybridized carbons (Fsp3) is 0.296. The van der Waals surface area contributed by atoms with Crippen molar-refractivity contribution in [1.29, 1.82) is 5.26 Å². The third-order valence-electron chi connectivity index (χ3n) is 6.15. The van der Waals surface area contributed by atoms with Crippen molar-refractivity contribution in [3.63, 3.8) is 0 Å². The van der Waals surface area contributed by atoms with Crippen LogP contribution in [-0.2, 0) is 25.8 Å². The Kier molecular flexibility index (Phi) is 6.90. The number of pyridine rings is 1. The SMILES string of the molecule is CC(C)C1c2ncc(C(=O)NCc3ccc(C#N)cc3)cc2CN1Cc1ccc(C(F)(F)F)cc1. The maximum atomic E-state index is 12.9. The third kappa shape index (κ3) is 5.52. The van der Waals surface area contributed by atoms with Gasteiger partial charge in [0, 0.05) is 25.8 Å². The van der Waals surface area contributed by atoms with Crippen molar-refractivity contribution in [3.8, 4) is 6.07 Å². The Hall–Kier alpha value is -3.70. The van der Waals surface area contributed by atoms with Gasteiger partial charge in [-0.3, -0.25) is 14.7 Å². The van der Waals surface area contributed by atoms with E-state index >= 15 is 0 Å². The molecule has 1 amide bonds. The zero-order valence-corrected chi connectivity index (χ0v) is 19.4. The highest BCUT2D eigenvalue weighted by Crippen LogP contribution is 2.39. The van der Waals surface area contributed by atoms with E-state index in [4.69, 9.17) is 5.26 Å². The Bertz CT molecular complexity index is 1250. The van der Waals surface area contributed by atoms with Gasteiger partial charge >= 0.3 is 6.18 Å². The number of carbonyl (C=O) groups is 1. The molecule has 180 valence electrons. The monoisotopic (exact) mass is 478 g/mol. The summed E-state index contributed by atoms with van der Waals surface area (Å²) in [5.74, 6) is -0.0128. The van der Waals surface area contributed by atoms with E-state index in [2.05, 4.69) is 35.1 Å². The molecule has 8 heteroatoms. The Balaban J connectivity index is 1.46. The molecule has 0 saturated carbocycles. The number of hydrogen-bond donors (Lipinski definition) is 1. The molecular weight excluding hydrogens is 453 g/mol. The number of benzene rings is 2. The minimum absolute atomic E-state index is 0.00283. The first-order valence-corrected chi connectivity index (χ1v) is 11.3. The number of fused-ring (bicyclic) bond motifs is 1. The molecule has 1 aromatic heterocycles. The van der Waals surface area contributed by atoms with Crippen molar-refractivity contribution in [2.75, 3.05) is 0 Å². The normalized spacial score (nSPS) is 15.6. The number of nitrogens with one attached hydrogen (secondary N) is 1. The van der Waals surface area contributed by atoms with E-state index in [9.17, 15) is 18.0 Å². The molecule has 1 aliphatic rings. The van der Waals surface area contributed by atoms with Crippen LogP contribution in [0.15, 0.2) is 60.8 Å². The summed E-state index contributed by atoms with van der Waals surface area (Å²) in [7, 11) is 0. The van der Waals surface area contributed by atoms with Gasteiger partial charge in [0.25, 0.3) is 5.91 Å². The van der Waals surface area contributed by atoms with Gasteiger partial charge < -0.3 is 5.32 Å². The fourth-order valence-corrected chi connectivity index (χ4v) is 4.43. The van der Waals surface area contributed by atoms with Crippen LogP contribution in [0.25, 0.3) is 0 Å². The smallest absolute Gasteiger partial charge is 0.348 e. The Morgan fingerprint density at radius 3 is 2.40 bits per heavy atom. The van der Waals surface area contributed by atoms with Gasteiger partial charge in [0.2, 0.25) is 0 Å². The number of nitrogens with zero attached hydrogens (tertiary/aromatic N) is 3. The van der Waals surface area contributed by atoms with Crippen molar-refractivity contribution < 1.29 is 18.0 Å². The van der Waals surface area contributed by atoms with Gasteiger partial charge in [0.05, 0.1) is 34.5 Å². The van der Waals surface area contributed by atoms with Crippen LogP contribution in [0.4, 0.5) is 13.2 Å². The van der Waals surface area contributed by atoms with E-state index in [0.29, 0.717) is 30.8 Å². The van der Waals surface area contributed by atoms with Crippen LogP contribution in [0.3, 0.4) is 0 Å². The lowest BCUT2D eigenvalue weighted by Gasteiger charge is -2.27. The predicted octanol–water partition coefficient (Wildman–Crippen LogP) is 5.61. The molecule has 0 saturated heterocycles. The predicted molar refractivity (Wildman–Crippen MR) is 125 cm³/mol. The number of halogens is 3. The molecule has 35 heavy (non-hydrogen) atoms. The van der Waals surface area contributed by atoms with Gasteiger partial charge in [0.15, 0.2) is 0 Å². The van der Waals surface area contributed by atoms with Gasteiger partial charge in [0.1, 0.15) is 0 Å². The second-order valence-corrected chi connectivity index (χ2v) is 9.05. The quantitative estimate of drug-likeness (QED) is 0.500. The van der Waals surface area contributed by atoms with Gasteiger partial charge in [-0.05, 0) is 52.9 Å². The first-order valence-electron chi connectivity index (χ1n) is 11.3. The number of aromatic nitrogens is 1. The molecule has 0 spiro atoms. The summed E-state index contributed by atoms with van der Waals surface area (Å²) in [6.07, 6.45) is -2.78. The molecule has 3 aromatic rings. The molecule has 1 aliphatic heterocycles. The largest absolute Gasteiger partial charge is 0.416 e. The van der Waals surface area contributed by atoms with Crippen LogP contribution >= 0.6 is 0 Å². The topological polar surface area (TPSA) is 69.0 Å². The molecule has 0 bridgehead atoms. The van der Waals surface area contributed by atoms with Crippen LogP contribution in [0.5, 0.6) is 0 Å². The molecule has 0 aliphatic carbocycles. The molecule has 0 radical (unpaired) electrons. The summed E-state index contributed by atoms with van der Waals surface area (Å²) in [5.41, 5.74) is 3.87. The van der Waals surface area contributed by atoms with E-state index < -0.39 is 11.7 Å². The Labute approximate surface area is 202 Å². The van der Waals surface area contributed by atoms with Gasteiger partial charge in [-0.1, -0.05) is 38.1 Å². The number of amides is 1. The number of alkyl halides is 3. The zero-order valence-electron chi connectivity index (χ0n) is 19.4. The third-order valence-corrected chi connectivity index (χ3v) is 6.15. The summed E-state index contributed by atoms with van der Waals surface area (Å²) < 4.78 is 38.7. The van der Waals surface area contributed by atoms with Gasteiger partial charge in [-0.2, -0.15) is 18.4 Å². The Morgan fingerprint density at radius 1 is 1.14 bits per heavy atom. The average molecular weight is 479 g/mol. The molecule has 1 unspecified atom stereocenters. The summed E-state index contributed by atoms with van der Waals surface area (Å²) in [5, 5.41) is 11.8. The van der Waals surface area contributed by atoms with E-state index in [0.717, 1.165) is 34.5 Å². The molecule has 4 rings (SSSR count). The molecule has 0 fully saturated rings. The summed E-state index contributed by atoms with van der Waals surface area (Å²) in [6, 6.07) is 16.2. The van der Waals surface area contributed by atoms with Crippen LogP contribution in [-0.4, -0.2) is 15.8 Å². The van der Waals surface area contributed by atoms with E-state index in [1.807, 2.05) is 6.07 Å². The standard InChI is InChI=1S/C27H25F3N4O/c1-17(2)25-24-22(16-34(25)15-20-7-9-23(10-8-20)27(28,29)30)11-21(14-32-24)26(35)33-13-19-5-3-18(12-31)4-6-19/h3-11,14,17,25H,13,15-16H2,1-2H3,(H,33,35). The first-order chi connectivity index (χ1) is 16.7. The van der Waals surface area contributed by atoms with Crippen LogP contribution < -0.4 is 5.32 Å². The maximum Gasteiger partial charge on any atom is 0.416 e. The minimum atomic E-state index is -4.36. The van der Waals surface area contributed by atoms with Crippen molar-refractivity contribution >= 4 is 5.91 Å². The molecular formula is C27H25F3N4O. The van der Waals surface area contributed by atoms with E-state index in [1.165, 1.54) is 12.1 Å². The van der Waals surface area contributed by atoms with Crippen molar-refractivity contribution in [2.45, 2.75) is 45.7 Å². The lowest BCUT2D eigenvalue weighted by Crippen LogP contribution is -2.25. The maximum absolute atomic E-state index is 12.9. The first kappa shape index (κ1) is 24.4. The zero-order chi connectivity index (χ0) is 25.2. The lowest BCUT2D eigenvalue weighted by atomic mass is 9.99. The second kappa shape index (κ2) is 9.88. The highest BCUT2D eigenvalue weighted by Gasteiger charge is 2.35. The molecule has 5 nitrogen and oxygen atoms in total. The average Bonchev–Trinajstić information content (AvgIpc) is 3.19. The van der Waals surface area contributed by atoms with Crippen molar-refractivity contribution in [1.82, 2.24) is 15.2 Å². The highest BCUT2D eigenvalue weighted by atomic mass is 19.4. The fourth-order valence-electron chi connectivity index (χ4n) is 4.43. The molecule has 1 atom stereocenters. The molecule has 2 heterocycles. The molecule has 2 aromatic carbocycles. The minimum Gasteiger partial charge on any atom is -0.348 e. The van der Waals surface area contributed by atoms with Crippen LogP contribution in [0, 0.1) is 17.2 Å². The van der Waals surface area contributed by atoms with Crippen LogP contribution in [0.2, 0.25) is 0 Å². The summed E-state index contributed by atoms with van der Waals surface area (Å²) >= 11 is 0. The number of carbonyl (C=O) groups excluding carboxylic acids is 1. The van der Waals surface area contributed by atoms with Gasteiger partial charge in [-0.15, -0.1) is 0 Å². The van der Waals surface area contributed by atoms with Crippen molar-refractivity contribution in [3.05, 3.63) is 99.9 Å². The summed E-state index contributed by atoms with van der Waals surface area (Å²) in [4.78, 5) is 19.5. The molecule has 1 N–H and O–H groups in total. The highest BCUT2D eigenvalue weighted by molar-refractivity contribution is 5.94. The van der Waals surface area contributed by atoms with Crippen LogP contribution in [0.1, 0.15) is 63.8 Å². The number of hydrogen-bond acceptors (Lipinski definition) is 4. The second-order valence-electron chi connectivity index (χ2n) is 9.05. The van der Waals surface area contributed by atoms with Crippen molar-refractivity contribution in [2.24, 2.45) is 5.92 Å². The van der Waals surface area contributed by atoms with E-state index in [-0.39, 0.29) is 17.9 Å². The number of nitriles is 1. The lowest BCUT2D eigenvalue weighted by molar-refractivity contribution is -0.137. The Morgan fingerprint density at radius 2 is 1.80 bits per heavy atom. The number of rotatable bonds is 6. The summed E-state index contributed by atoms with van der Waals surface area (Å²) in [6.45, 7) is 5.54. The van der Waals surface area contributed by atoms with Gasteiger partial charge in [-0.25, -0.2) is 0 Å². The van der Waals surface area contributed by atoms with E-state index in [1.54, 1.807) is 30.5 Å².